The largest absolute Gasteiger partial charge is 0.459 e. The van der Waals surface area contributed by atoms with Crippen molar-refractivity contribution in [2.75, 3.05) is 5.75 Å². The number of carbonyl (C=O) groups excluding carboxylic acids is 1. The maximum Gasteiger partial charge on any atom is 0.459 e. The summed E-state index contributed by atoms with van der Waals surface area (Å²) in [4.78, 5) is 12.9. The van der Waals surface area contributed by atoms with Crippen LogP contribution in [0.15, 0.2) is 27.3 Å². The first-order chi connectivity index (χ1) is 10.6. The molecule has 22 heavy (non-hydrogen) atoms. The fraction of sp³-hybridized carbons (Fsp3) is 0.333. The van der Waals surface area contributed by atoms with Crippen LogP contribution in [0.5, 0.6) is 0 Å². The third kappa shape index (κ3) is 3.00. The molecule has 1 fully saturated rings. The Kier molecular flexibility index (Phi) is 4.70. The van der Waals surface area contributed by atoms with Gasteiger partial charge in [0.05, 0.1) is 16.8 Å². The van der Waals surface area contributed by atoms with Crippen molar-refractivity contribution in [1.82, 2.24) is 5.16 Å². The maximum atomic E-state index is 12.9. The Morgan fingerprint density at radius 1 is 1.41 bits per heavy atom. The predicted octanol–water partition coefficient (Wildman–Crippen LogP) is 4.17. The van der Waals surface area contributed by atoms with Gasteiger partial charge in [-0.25, -0.2) is 0 Å². The molecule has 1 aromatic carbocycles. The summed E-state index contributed by atoms with van der Waals surface area (Å²) in [5.74, 6) is 1.21. The second kappa shape index (κ2) is 6.56. The molecule has 0 spiro atoms. The van der Waals surface area contributed by atoms with Crippen LogP contribution in [0, 0.1) is 0 Å². The molecule has 0 radical (unpaired) electrons. The van der Waals surface area contributed by atoms with Crippen molar-refractivity contribution in [1.29, 1.82) is 0 Å². The molecule has 2 aromatic rings. The molecule has 7 heteroatoms. The van der Waals surface area contributed by atoms with E-state index in [1.165, 1.54) is 6.20 Å². The first-order valence-corrected chi connectivity index (χ1v) is 8.92. The van der Waals surface area contributed by atoms with Crippen LogP contribution in [-0.4, -0.2) is 16.7 Å². The Balaban J connectivity index is 2.02. The summed E-state index contributed by atoms with van der Waals surface area (Å²) < 4.78 is 16.6. The van der Waals surface area contributed by atoms with Gasteiger partial charge in [0, 0.05) is 26.6 Å². The summed E-state index contributed by atoms with van der Waals surface area (Å²) in [5.41, 5.74) is 1.80. The highest BCUT2D eigenvalue weighted by molar-refractivity contribution is 9.10. The first kappa shape index (κ1) is 15.8. The lowest BCUT2D eigenvalue weighted by Crippen LogP contribution is -2.09. The van der Waals surface area contributed by atoms with Gasteiger partial charge in [0.25, 0.3) is 0 Å². The summed E-state index contributed by atoms with van der Waals surface area (Å²) in [7, 11) is 0. The highest BCUT2D eigenvalue weighted by Crippen LogP contribution is 2.42. The highest BCUT2D eigenvalue weighted by Gasteiger charge is 2.33. The van der Waals surface area contributed by atoms with E-state index in [0.717, 1.165) is 18.4 Å². The van der Waals surface area contributed by atoms with Crippen LogP contribution in [0.4, 0.5) is 0 Å². The zero-order valence-corrected chi connectivity index (χ0v) is 14.6. The topological polar surface area (TPSA) is 60.2 Å². The van der Waals surface area contributed by atoms with Gasteiger partial charge in [0.1, 0.15) is 0 Å². The lowest BCUT2D eigenvalue weighted by atomic mass is 9.96. The third-order valence-corrected chi connectivity index (χ3v) is 5.49. The average Bonchev–Trinajstić information content (AvgIpc) is 3.25. The fourth-order valence-electron chi connectivity index (χ4n) is 2.40. The van der Waals surface area contributed by atoms with Crippen molar-refractivity contribution in [2.24, 2.45) is 0 Å². The SMILES string of the molecule is O=[S+]CCc1c(C(=O)c2cnoc2C2CC2)ccc(Cl)c1Br. The minimum atomic E-state index is -0.133. The van der Waals surface area contributed by atoms with Gasteiger partial charge in [-0.3, -0.25) is 4.79 Å². The van der Waals surface area contributed by atoms with Crippen molar-refractivity contribution < 1.29 is 13.5 Å². The number of halogens is 2. The highest BCUT2D eigenvalue weighted by atomic mass is 79.9. The van der Waals surface area contributed by atoms with Crippen LogP contribution < -0.4 is 0 Å². The summed E-state index contributed by atoms with van der Waals surface area (Å²) >= 11 is 10.0. The van der Waals surface area contributed by atoms with Gasteiger partial charge in [-0.15, -0.1) is 0 Å². The number of aromatic nitrogens is 1. The zero-order valence-electron chi connectivity index (χ0n) is 11.5. The molecule has 0 bridgehead atoms. The number of hydrogen-bond acceptors (Lipinski definition) is 4. The van der Waals surface area contributed by atoms with E-state index in [9.17, 15) is 9.00 Å². The van der Waals surface area contributed by atoms with E-state index < -0.39 is 0 Å². The Morgan fingerprint density at radius 2 is 2.18 bits per heavy atom. The molecule has 1 heterocycles. The lowest BCUT2D eigenvalue weighted by molar-refractivity contribution is 0.103. The van der Waals surface area contributed by atoms with Crippen LogP contribution in [0.25, 0.3) is 0 Å². The molecule has 4 nitrogen and oxygen atoms in total. The van der Waals surface area contributed by atoms with Gasteiger partial charge >= 0.3 is 11.7 Å². The zero-order chi connectivity index (χ0) is 15.7. The van der Waals surface area contributed by atoms with Crippen molar-refractivity contribution >= 4 is 45.0 Å². The minimum absolute atomic E-state index is 0.133. The molecule has 3 rings (SSSR count). The molecule has 1 saturated carbocycles. The van der Waals surface area contributed by atoms with E-state index in [4.69, 9.17) is 16.1 Å². The third-order valence-electron chi connectivity index (χ3n) is 3.67. The van der Waals surface area contributed by atoms with Crippen molar-refractivity contribution in [3.05, 3.63) is 50.3 Å². The van der Waals surface area contributed by atoms with Gasteiger partial charge in [0.2, 0.25) is 5.75 Å². The number of nitrogens with zero attached hydrogens (tertiary/aromatic N) is 1. The summed E-state index contributed by atoms with van der Waals surface area (Å²) in [6.45, 7) is 0. The molecule has 0 aliphatic heterocycles. The molecule has 0 unspecified atom stereocenters. The van der Waals surface area contributed by atoms with Gasteiger partial charge in [-0.1, -0.05) is 16.8 Å². The molecular weight excluding hydrogens is 390 g/mol. The molecule has 1 aliphatic rings. The van der Waals surface area contributed by atoms with Gasteiger partial charge in [-0.05, 0) is 46.5 Å². The summed E-state index contributed by atoms with van der Waals surface area (Å²) in [5, 5.41) is 4.30. The van der Waals surface area contributed by atoms with Crippen molar-refractivity contribution in [3.8, 4) is 0 Å². The molecule has 0 saturated heterocycles. The van der Waals surface area contributed by atoms with Crippen LogP contribution in [-0.2, 0) is 22.3 Å². The van der Waals surface area contributed by atoms with E-state index >= 15 is 0 Å². The minimum Gasteiger partial charge on any atom is -0.360 e. The van der Waals surface area contributed by atoms with Crippen LogP contribution >= 0.6 is 27.5 Å². The van der Waals surface area contributed by atoms with Crippen LogP contribution in [0.2, 0.25) is 5.02 Å². The van der Waals surface area contributed by atoms with E-state index in [-0.39, 0.29) is 5.78 Å². The second-order valence-electron chi connectivity index (χ2n) is 5.17. The van der Waals surface area contributed by atoms with E-state index in [2.05, 4.69) is 21.1 Å². The van der Waals surface area contributed by atoms with E-state index in [1.807, 2.05) is 0 Å². The molecule has 0 amide bonds. The smallest absolute Gasteiger partial charge is 0.360 e. The predicted molar refractivity (Wildman–Crippen MR) is 87.7 cm³/mol. The fourth-order valence-corrected chi connectivity index (χ4v) is 3.41. The van der Waals surface area contributed by atoms with E-state index in [0.29, 0.717) is 56.1 Å². The van der Waals surface area contributed by atoms with Crippen molar-refractivity contribution in [3.63, 3.8) is 0 Å². The number of benzene rings is 1. The standard InChI is InChI=1S/C15H12BrClNO3S/c16-13-9(5-6-22-20)10(3-4-12(13)17)14(19)11-7-18-21-15(11)8-1-2-8/h3-4,7-8H,1-2,5-6H2/q+1. The molecule has 114 valence electrons. The number of carbonyl (C=O) groups is 1. The van der Waals surface area contributed by atoms with Gasteiger partial charge in [-0.2, -0.15) is 0 Å². The van der Waals surface area contributed by atoms with Gasteiger partial charge in [0.15, 0.2) is 11.5 Å². The van der Waals surface area contributed by atoms with Crippen LogP contribution in [0.1, 0.15) is 46.0 Å². The monoisotopic (exact) mass is 400 g/mol. The molecule has 1 aliphatic carbocycles. The Morgan fingerprint density at radius 3 is 2.86 bits per heavy atom. The summed E-state index contributed by atoms with van der Waals surface area (Å²) in [6.07, 6.45) is 4.00. The molecule has 1 aromatic heterocycles. The van der Waals surface area contributed by atoms with Crippen LogP contribution in [0.3, 0.4) is 0 Å². The van der Waals surface area contributed by atoms with Gasteiger partial charge < -0.3 is 4.52 Å². The van der Waals surface area contributed by atoms with E-state index in [1.54, 1.807) is 12.1 Å². The normalized spacial score (nSPS) is 14.1. The molecule has 0 N–H and O–H groups in total. The lowest BCUT2D eigenvalue weighted by Gasteiger charge is -2.10. The number of hydrogen-bond donors (Lipinski definition) is 0. The second-order valence-corrected chi connectivity index (χ2v) is 7.01. The number of rotatable bonds is 6. The number of ketones is 1. The Hall–Kier alpha value is -1.11. The first-order valence-electron chi connectivity index (χ1n) is 6.84. The quantitative estimate of drug-likeness (QED) is 0.538. The van der Waals surface area contributed by atoms with Crippen molar-refractivity contribution in [2.45, 2.75) is 25.2 Å². The molecule has 0 atom stereocenters. The average molecular weight is 402 g/mol. The Bertz CT molecular complexity index is 742. The summed E-state index contributed by atoms with van der Waals surface area (Å²) in [6, 6.07) is 3.38. The maximum absolute atomic E-state index is 12.9. The Labute approximate surface area is 144 Å². The molecular formula is C15H12BrClNO3S+.